The van der Waals surface area contributed by atoms with Crippen molar-refractivity contribution < 1.29 is 29.0 Å². The summed E-state index contributed by atoms with van der Waals surface area (Å²) in [6, 6.07) is 7.36. The van der Waals surface area contributed by atoms with E-state index < -0.39 is 30.0 Å². The summed E-state index contributed by atoms with van der Waals surface area (Å²) in [6.07, 6.45) is 2.19. The van der Waals surface area contributed by atoms with Gasteiger partial charge in [0.05, 0.1) is 13.2 Å². The Balaban J connectivity index is 2.63. The maximum absolute atomic E-state index is 12.9. The average molecular weight is 464 g/mol. The Morgan fingerprint density at radius 1 is 0.970 bits per heavy atom. The lowest BCUT2D eigenvalue weighted by Crippen LogP contribution is -2.57. The van der Waals surface area contributed by atoms with Gasteiger partial charge in [0.15, 0.2) is 6.10 Å². The van der Waals surface area contributed by atoms with Crippen LogP contribution < -0.4 is 16.4 Å². The normalized spacial score (nSPS) is 13.6. The van der Waals surface area contributed by atoms with E-state index >= 15 is 0 Å². The van der Waals surface area contributed by atoms with E-state index in [-0.39, 0.29) is 30.6 Å². The molecule has 0 saturated carbocycles. The first-order chi connectivity index (χ1) is 15.6. The Kier molecular flexibility index (Phi) is 12.8. The maximum Gasteiger partial charge on any atom is 0.305 e. The van der Waals surface area contributed by atoms with Crippen molar-refractivity contribution in [1.82, 2.24) is 10.6 Å². The highest BCUT2D eigenvalue weighted by molar-refractivity contribution is 5.89. The second kappa shape index (κ2) is 15.0. The maximum atomic E-state index is 12.9. The van der Waals surface area contributed by atoms with Crippen LogP contribution in [0, 0.1) is 5.92 Å². The lowest BCUT2D eigenvalue weighted by Gasteiger charge is -2.27. The molecule has 0 bridgehead atoms. The molecule has 1 aromatic carbocycles. The lowest BCUT2D eigenvalue weighted by atomic mass is 9.98. The fourth-order valence-corrected chi connectivity index (χ4v) is 3.37. The zero-order valence-electron chi connectivity index (χ0n) is 19.7. The van der Waals surface area contributed by atoms with Crippen molar-refractivity contribution in [3.63, 3.8) is 0 Å². The number of hydrogen-bond acceptors (Lipinski definition) is 6. The number of ether oxygens (including phenoxy) is 1. The molecule has 1 rings (SSSR count). The van der Waals surface area contributed by atoms with Crippen molar-refractivity contribution in [2.75, 3.05) is 7.11 Å². The van der Waals surface area contributed by atoms with Crippen molar-refractivity contribution in [3.8, 4) is 0 Å². The summed E-state index contributed by atoms with van der Waals surface area (Å²) in [5.41, 5.74) is 6.08. The molecule has 3 amide bonds. The number of unbranched alkanes of at least 4 members (excludes halogenated alkanes) is 3. The van der Waals surface area contributed by atoms with Crippen molar-refractivity contribution in [2.24, 2.45) is 11.7 Å². The number of nitrogens with two attached hydrogens (primary N) is 1. The van der Waals surface area contributed by atoms with Gasteiger partial charge in [-0.2, -0.15) is 0 Å². The van der Waals surface area contributed by atoms with Crippen LogP contribution >= 0.6 is 0 Å². The van der Waals surface area contributed by atoms with Crippen molar-refractivity contribution >= 4 is 23.7 Å². The summed E-state index contributed by atoms with van der Waals surface area (Å²) in [4.78, 5) is 48.0. The molecule has 0 heterocycles. The van der Waals surface area contributed by atoms with Gasteiger partial charge in [0, 0.05) is 12.8 Å². The SMILES string of the molecule is COC(=O)CCCCCCC(=O)N[C@H](C(=O)NC(Cc1ccccc1)C(O)C(N)=O)C(C)C. The number of aliphatic hydroxyl groups is 1. The van der Waals surface area contributed by atoms with E-state index in [1.54, 1.807) is 13.8 Å². The molecule has 3 atom stereocenters. The summed E-state index contributed by atoms with van der Waals surface area (Å²) in [7, 11) is 1.35. The lowest BCUT2D eigenvalue weighted by molar-refractivity contribution is -0.140. The van der Waals surface area contributed by atoms with Gasteiger partial charge < -0.3 is 26.2 Å². The third-order valence-electron chi connectivity index (χ3n) is 5.33. The number of amides is 3. The van der Waals surface area contributed by atoms with Crippen LogP contribution in [0.3, 0.4) is 0 Å². The molecule has 2 unspecified atom stereocenters. The molecule has 9 heteroatoms. The standard InChI is InChI=1S/C24H37N3O6/c1-16(2)21(27-19(28)13-9-4-5-10-14-20(29)33-3)24(32)26-18(22(30)23(25)31)15-17-11-7-6-8-12-17/h6-8,11-12,16,18,21-22,30H,4-5,9-10,13-15H2,1-3H3,(H2,25,31)(H,26,32)(H,27,28)/t18?,21-,22?/m0/s1. The van der Waals surface area contributed by atoms with E-state index in [4.69, 9.17) is 5.73 Å². The highest BCUT2D eigenvalue weighted by Gasteiger charge is 2.31. The highest BCUT2D eigenvalue weighted by Crippen LogP contribution is 2.10. The Hall–Kier alpha value is -2.94. The molecule has 0 aromatic heterocycles. The number of primary amides is 1. The van der Waals surface area contributed by atoms with Gasteiger partial charge in [0.1, 0.15) is 6.04 Å². The molecule has 184 valence electrons. The van der Waals surface area contributed by atoms with Crippen LogP contribution in [0.1, 0.15) is 57.9 Å². The molecule has 0 fully saturated rings. The Labute approximate surface area is 195 Å². The highest BCUT2D eigenvalue weighted by atomic mass is 16.5. The van der Waals surface area contributed by atoms with E-state index in [2.05, 4.69) is 15.4 Å². The second-order valence-corrected chi connectivity index (χ2v) is 8.43. The Morgan fingerprint density at radius 2 is 1.58 bits per heavy atom. The van der Waals surface area contributed by atoms with Gasteiger partial charge in [0.2, 0.25) is 17.7 Å². The fourth-order valence-electron chi connectivity index (χ4n) is 3.37. The van der Waals surface area contributed by atoms with E-state index in [1.807, 2.05) is 30.3 Å². The first-order valence-electron chi connectivity index (χ1n) is 11.3. The molecule has 0 saturated heterocycles. The van der Waals surface area contributed by atoms with Gasteiger partial charge in [0.25, 0.3) is 0 Å². The van der Waals surface area contributed by atoms with Crippen LogP contribution in [0.5, 0.6) is 0 Å². The molecule has 33 heavy (non-hydrogen) atoms. The van der Waals surface area contributed by atoms with Crippen LogP contribution in [-0.4, -0.2) is 54.1 Å². The topological polar surface area (TPSA) is 148 Å². The number of nitrogens with one attached hydrogen (secondary N) is 2. The third-order valence-corrected chi connectivity index (χ3v) is 5.33. The van der Waals surface area contributed by atoms with Crippen LogP contribution in [0.15, 0.2) is 30.3 Å². The molecular weight excluding hydrogens is 426 g/mol. The van der Waals surface area contributed by atoms with Gasteiger partial charge in [-0.05, 0) is 30.7 Å². The monoisotopic (exact) mass is 463 g/mol. The smallest absolute Gasteiger partial charge is 0.305 e. The first kappa shape index (κ1) is 28.1. The molecule has 0 aliphatic rings. The Bertz CT molecular complexity index is 769. The van der Waals surface area contributed by atoms with Crippen LogP contribution in [0.4, 0.5) is 0 Å². The molecule has 0 radical (unpaired) electrons. The van der Waals surface area contributed by atoms with E-state index in [9.17, 15) is 24.3 Å². The number of rotatable bonds is 15. The first-order valence-corrected chi connectivity index (χ1v) is 11.3. The minimum absolute atomic E-state index is 0.209. The van der Waals surface area contributed by atoms with Gasteiger partial charge in [-0.15, -0.1) is 0 Å². The summed E-state index contributed by atoms with van der Waals surface area (Å²) < 4.78 is 4.59. The molecule has 9 nitrogen and oxygen atoms in total. The number of hydrogen-bond donors (Lipinski definition) is 4. The summed E-state index contributed by atoms with van der Waals surface area (Å²) in [6.45, 7) is 3.60. The minimum Gasteiger partial charge on any atom is -0.469 e. The number of esters is 1. The number of benzene rings is 1. The molecule has 0 aliphatic carbocycles. The van der Waals surface area contributed by atoms with Gasteiger partial charge in [-0.25, -0.2) is 0 Å². The largest absolute Gasteiger partial charge is 0.469 e. The number of aliphatic hydroxyl groups excluding tert-OH is 1. The molecule has 5 N–H and O–H groups in total. The molecular formula is C24H37N3O6. The molecule has 0 spiro atoms. The molecule has 1 aromatic rings. The van der Waals surface area contributed by atoms with Crippen molar-refractivity contribution in [1.29, 1.82) is 0 Å². The zero-order valence-corrected chi connectivity index (χ0v) is 19.7. The summed E-state index contributed by atoms with van der Waals surface area (Å²) in [5.74, 6) is -2.14. The quantitative estimate of drug-likeness (QED) is 0.227. The fraction of sp³-hybridized carbons (Fsp3) is 0.583. The average Bonchev–Trinajstić information content (AvgIpc) is 2.78. The second-order valence-electron chi connectivity index (χ2n) is 8.43. The van der Waals surface area contributed by atoms with Gasteiger partial charge >= 0.3 is 5.97 Å². The van der Waals surface area contributed by atoms with Crippen molar-refractivity contribution in [2.45, 2.75) is 77.0 Å². The zero-order chi connectivity index (χ0) is 24.8. The summed E-state index contributed by atoms with van der Waals surface area (Å²) in [5, 5.41) is 15.7. The minimum atomic E-state index is -1.57. The Morgan fingerprint density at radius 3 is 2.12 bits per heavy atom. The predicted octanol–water partition coefficient (Wildman–Crippen LogP) is 1.21. The van der Waals surface area contributed by atoms with Crippen molar-refractivity contribution in [3.05, 3.63) is 35.9 Å². The van der Waals surface area contributed by atoms with E-state index in [0.29, 0.717) is 19.3 Å². The number of carbonyl (C=O) groups excluding carboxylic acids is 4. The van der Waals surface area contributed by atoms with E-state index in [1.165, 1.54) is 7.11 Å². The molecule has 0 aliphatic heterocycles. The van der Waals surface area contributed by atoms with Gasteiger partial charge in [-0.1, -0.05) is 57.0 Å². The third kappa shape index (κ3) is 11.0. The van der Waals surface area contributed by atoms with Crippen LogP contribution in [-0.2, 0) is 30.3 Å². The number of methoxy groups -OCH3 is 1. The van der Waals surface area contributed by atoms with E-state index in [0.717, 1.165) is 18.4 Å². The van der Waals surface area contributed by atoms with Crippen LogP contribution in [0.2, 0.25) is 0 Å². The number of carbonyl (C=O) groups is 4. The summed E-state index contributed by atoms with van der Waals surface area (Å²) >= 11 is 0. The predicted molar refractivity (Wildman–Crippen MR) is 124 cm³/mol. The van der Waals surface area contributed by atoms with Crippen LogP contribution in [0.25, 0.3) is 0 Å². The van der Waals surface area contributed by atoms with Gasteiger partial charge in [-0.3, -0.25) is 19.2 Å².